The highest BCUT2D eigenvalue weighted by atomic mass is 19.1. The summed E-state index contributed by atoms with van der Waals surface area (Å²) in [5, 5.41) is 22.8. The number of benzene rings is 1. The van der Waals surface area contributed by atoms with Crippen molar-refractivity contribution in [2.45, 2.75) is 18.6 Å². The van der Waals surface area contributed by atoms with E-state index in [0.29, 0.717) is 0 Å². The molecule has 0 aliphatic rings. The van der Waals surface area contributed by atoms with Gasteiger partial charge in [-0.15, -0.1) is 0 Å². The van der Waals surface area contributed by atoms with Crippen molar-refractivity contribution >= 4 is 0 Å². The smallest absolute Gasteiger partial charge is 0.188 e. The Bertz CT molecular complexity index is 480. The molecule has 2 N–H and O–H groups in total. The number of hydrogen-bond donors (Lipinski definition) is 2. The Morgan fingerprint density at radius 3 is 2.80 bits per heavy atom. The van der Waals surface area contributed by atoms with E-state index in [4.69, 9.17) is 10.3 Å². The molecule has 0 heterocycles. The third kappa shape index (κ3) is 4.67. The monoisotopic (exact) mass is 285 g/mol. The van der Waals surface area contributed by atoms with E-state index in [9.17, 15) is 14.6 Å². The van der Waals surface area contributed by atoms with Gasteiger partial charge in [0, 0.05) is 30.2 Å². The van der Waals surface area contributed by atoms with Gasteiger partial charge in [0.1, 0.15) is 17.7 Å². The van der Waals surface area contributed by atoms with E-state index >= 15 is 0 Å². The van der Waals surface area contributed by atoms with Gasteiger partial charge in [0.15, 0.2) is 6.79 Å². The second-order valence-electron chi connectivity index (χ2n) is 3.99. The maximum absolute atomic E-state index is 13.8. The average Bonchev–Trinajstić information content (AvgIpc) is 2.44. The van der Waals surface area contributed by atoms with Crippen molar-refractivity contribution in [2.75, 3.05) is 20.4 Å². The van der Waals surface area contributed by atoms with Crippen LogP contribution in [0.1, 0.15) is 18.1 Å². The molecule has 7 nitrogen and oxygen atoms in total. The molecule has 0 saturated heterocycles. The normalized spacial score (nSPS) is 13.4. The minimum absolute atomic E-state index is 0.0177. The van der Waals surface area contributed by atoms with Gasteiger partial charge in [0.2, 0.25) is 0 Å². The third-order valence-corrected chi connectivity index (χ3v) is 2.59. The molecular formula is C12H16FN3O4. The van der Waals surface area contributed by atoms with E-state index in [1.165, 1.54) is 19.2 Å². The summed E-state index contributed by atoms with van der Waals surface area (Å²) in [5.41, 5.74) is 8.06. The number of halogens is 1. The summed E-state index contributed by atoms with van der Waals surface area (Å²) in [7, 11) is 1.44. The number of ether oxygens (including phenoxy) is 2. The summed E-state index contributed by atoms with van der Waals surface area (Å²) < 4.78 is 23.5. The molecule has 0 radical (unpaired) electrons. The molecule has 1 aromatic carbocycles. The molecule has 0 saturated carbocycles. The zero-order chi connectivity index (χ0) is 15.0. The van der Waals surface area contributed by atoms with Gasteiger partial charge in [-0.25, -0.2) is 4.39 Å². The Labute approximate surface area is 115 Å². The Kier molecular flexibility index (Phi) is 6.75. The van der Waals surface area contributed by atoms with Crippen LogP contribution in [0.25, 0.3) is 10.4 Å². The molecule has 0 aliphatic heterocycles. The molecule has 0 fully saturated rings. The van der Waals surface area contributed by atoms with Crippen LogP contribution in [-0.4, -0.2) is 36.8 Å². The molecule has 0 bridgehead atoms. The third-order valence-electron chi connectivity index (χ3n) is 2.59. The van der Waals surface area contributed by atoms with E-state index in [1.54, 1.807) is 0 Å². The van der Waals surface area contributed by atoms with Crippen molar-refractivity contribution < 1.29 is 24.1 Å². The van der Waals surface area contributed by atoms with Gasteiger partial charge in [-0.2, -0.15) is 0 Å². The fraction of sp³-hybridized carbons (Fsp3) is 0.500. The van der Waals surface area contributed by atoms with Crippen molar-refractivity contribution in [2.24, 2.45) is 5.11 Å². The summed E-state index contributed by atoms with van der Waals surface area (Å²) in [6, 6.07) is 3.88. The standard InChI is InChI=1S/C12H16FN3O4/c1-19-7-20-8-2-3-9(10(13)6-8)12(18)11(17)4-5-15-16-14/h2-3,6,11-12,17-18H,4-5,7H2,1H3. The molecule has 110 valence electrons. The molecular weight excluding hydrogens is 269 g/mol. The number of nitrogens with zero attached hydrogens (tertiary/aromatic N) is 3. The molecule has 0 aliphatic carbocycles. The van der Waals surface area contributed by atoms with Crippen LogP contribution in [0, 0.1) is 5.82 Å². The quantitative estimate of drug-likeness (QED) is 0.329. The van der Waals surface area contributed by atoms with Crippen molar-refractivity contribution in [3.63, 3.8) is 0 Å². The summed E-state index contributed by atoms with van der Waals surface area (Å²) in [5.74, 6) is -0.446. The van der Waals surface area contributed by atoms with Crippen molar-refractivity contribution in [3.8, 4) is 5.75 Å². The van der Waals surface area contributed by atoms with Gasteiger partial charge in [0.25, 0.3) is 0 Å². The minimum atomic E-state index is -1.40. The minimum Gasteiger partial charge on any atom is -0.467 e. The second kappa shape index (κ2) is 8.34. The molecule has 20 heavy (non-hydrogen) atoms. The molecule has 0 spiro atoms. The van der Waals surface area contributed by atoms with Crippen LogP contribution in [0.2, 0.25) is 0 Å². The first-order chi connectivity index (χ1) is 9.60. The zero-order valence-electron chi connectivity index (χ0n) is 10.9. The highest BCUT2D eigenvalue weighted by molar-refractivity contribution is 5.30. The lowest BCUT2D eigenvalue weighted by molar-refractivity contribution is 0.0128. The zero-order valence-corrected chi connectivity index (χ0v) is 10.9. The lowest BCUT2D eigenvalue weighted by atomic mass is 10.0. The average molecular weight is 285 g/mol. The van der Waals surface area contributed by atoms with E-state index in [-0.39, 0.29) is 31.1 Å². The summed E-state index contributed by atoms with van der Waals surface area (Å²) in [4.78, 5) is 2.53. The lowest BCUT2D eigenvalue weighted by Gasteiger charge is -2.18. The number of aliphatic hydroxyl groups excluding tert-OH is 2. The second-order valence-corrected chi connectivity index (χ2v) is 3.99. The van der Waals surface area contributed by atoms with Crippen molar-refractivity contribution in [3.05, 3.63) is 40.0 Å². The van der Waals surface area contributed by atoms with Gasteiger partial charge in [0.05, 0.1) is 6.10 Å². The first kappa shape index (κ1) is 16.2. The van der Waals surface area contributed by atoms with Crippen LogP contribution in [0.15, 0.2) is 23.3 Å². The summed E-state index contributed by atoms with van der Waals surface area (Å²) in [6.07, 6.45) is -2.59. The Morgan fingerprint density at radius 1 is 1.45 bits per heavy atom. The van der Waals surface area contributed by atoms with Crippen LogP contribution < -0.4 is 4.74 Å². The first-order valence-electron chi connectivity index (χ1n) is 5.88. The lowest BCUT2D eigenvalue weighted by Crippen LogP contribution is -2.20. The van der Waals surface area contributed by atoms with Crippen LogP contribution in [0.3, 0.4) is 0 Å². The fourth-order valence-electron chi connectivity index (χ4n) is 1.56. The van der Waals surface area contributed by atoms with Crippen LogP contribution >= 0.6 is 0 Å². The number of hydrogen-bond acceptors (Lipinski definition) is 5. The Morgan fingerprint density at radius 2 is 2.20 bits per heavy atom. The van der Waals surface area contributed by atoms with Crippen molar-refractivity contribution in [1.29, 1.82) is 0 Å². The van der Waals surface area contributed by atoms with Crippen LogP contribution in [0.4, 0.5) is 4.39 Å². The largest absolute Gasteiger partial charge is 0.467 e. The van der Waals surface area contributed by atoms with Crippen molar-refractivity contribution in [1.82, 2.24) is 0 Å². The Balaban J connectivity index is 2.72. The van der Waals surface area contributed by atoms with E-state index in [1.807, 2.05) is 0 Å². The van der Waals surface area contributed by atoms with Gasteiger partial charge >= 0.3 is 0 Å². The molecule has 2 atom stereocenters. The molecule has 1 rings (SSSR count). The fourth-order valence-corrected chi connectivity index (χ4v) is 1.56. The molecule has 0 amide bonds. The van der Waals surface area contributed by atoms with Crippen LogP contribution in [-0.2, 0) is 4.74 Å². The maximum Gasteiger partial charge on any atom is 0.188 e. The highest BCUT2D eigenvalue weighted by Crippen LogP contribution is 2.25. The number of methoxy groups -OCH3 is 1. The van der Waals surface area contributed by atoms with Gasteiger partial charge in [-0.3, -0.25) is 0 Å². The molecule has 1 aromatic rings. The maximum atomic E-state index is 13.8. The number of rotatable bonds is 8. The highest BCUT2D eigenvalue weighted by Gasteiger charge is 2.21. The number of aliphatic hydroxyl groups is 2. The van der Waals surface area contributed by atoms with Crippen LogP contribution in [0.5, 0.6) is 5.75 Å². The predicted molar refractivity (Wildman–Crippen MR) is 68.5 cm³/mol. The summed E-state index contributed by atoms with van der Waals surface area (Å²) in [6.45, 7) is 0.00150. The van der Waals surface area contributed by atoms with Gasteiger partial charge in [-0.1, -0.05) is 5.11 Å². The van der Waals surface area contributed by atoms with E-state index < -0.39 is 18.0 Å². The number of azide groups is 1. The topological polar surface area (TPSA) is 108 Å². The van der Waals surface area contributed by atoms with Gasteiger partial charge < -0.3 is 19.7 Å². The first-order valence-corrected chi connectivity index (χ1v) is 5.88. The molecule has 2 unspecified atom stereocenters. The molecule has 8 heteroatoms. The van der Waals surface area contributed by atoms with E-state index in [0.717, 1.165) is 6.07 Å². The predicted octanol–water partition coefficient (Wildman–Crippen LogP) is 1.90. The molecule has 0 aromatic heterocycles. The van der Waals surface area contributed by atoms with E-state index in [2.05, 4.69) is 14.8 Å². The van der Waals surface area contributed by atoms with Gasteiger partial charge in [-0.05, 0) is 24.1 Å². The summed E-state index contributed by atoms with van der Waals surface area (Å²) >= 11 is 0. The Hall–Kier alpha value is -1.86. The SMILES string of the molecule is COCOc1ccc(C(O)C(O)CCN=[N+]=[N-])c(F)c1.